The van der Waals surface area contributed by atoms with Gasteiger partial charge < -0.3 is 4.98 Å². The monoisotopic (exact) mass is 362 g/mol. The predicted molar refractivity (Wildman–Crippen MR) is 103 cm³/mol. The van der Waals surface area contributed by atoms with E-state index in [4.69, 9.17) is 0 Å². The SMILES string of the molecule is Cc1ccc(-c2[nH]c3cc(C)ccc3c2S(=O)(=O)c2ccccn2)cc1. The molecule has 26 heavy (non-hydrogen) atoms. The Morgan fingerprint density at radius 2 is 1.62 bits per heavy atom. The molecular weight excluding hydrogens is 344 g/mol. The third-order valence-corrected chi connectivity index (χ3v) is 6.18. The van der Waals surface area contributed by atoms with Crippen LogP contribution in [0.15, 0.2) is 76.8 Å². The van der Waals surface area contributed by atoms with E-state index in [1.807, 2.05) is 56.3 Å². The molecule has 0 saturated heterocycles. The van der Waals surface area contributed by atoms with Crippen LogP contribution in [0.5, 0.6) is 0 Å². The first-order valence-electron chi connectivity index (χ1n) is 8.32. The third-order valence-electron chi connectivity index (χ3n) is 4.43. The number of hydrogen-bond acceptors (Lipinski definition) is 3. The van der Waals surface area contributed by atoms with Crippen LogP contribution < -0.4 is 0 Å². The molecule has 4 nitrogen and oxygen atoms in total. The molecule has 0 aliphatic carbocycles. The second-order valence-electron chi connectivity index (χ2n) is 6.42. The summed E-state index contributed by atoms with van der Waals surface area (Å²) >= 11 is 0. The van der Waals surface area contributed by atoms with Gasteiger partial charge in [-0.25, -0.2) is 13.4 Å². The Morgan fingerprint density at radius 3 is 2.31 bits per heavy atom. The van der Waals surface area contributed by atoms with Crippen LogP contribution in [0, 0.1) is 13.8 Å². The van der Waals surface area contributed by atoms with Crippen molar-refractivity contribution in [1.29, 1.82) is 0 Å². The molecule has 2 aromatic heterocycles. The number of nitrogens with zero attached hydrogens (tertiary/aromatic N) is 1. The molecule has 0 aliphatic rings. The van der Waals surface area contributed by atoms with Crippen molar-refractivity contribution in [3.8, 4) is 11.3 Å². The van der Waals surface area contributed by atoms with E-state index in [0.717, 1.165) is 22.2 Å². The van der Waals surface area contributed by atoms with Crippen LogP contribution in [0.1, 0.15) is 11.1 Å². The molecule has 0 radical (unpaired) electrons. The average Bonchev–Trinajstić information content (AvgIpc) is 3.02. The molecule has 130 valence electrons. The van der Waals surface area contributed by atoms with Crippen LogP contribution >= 0.6 is 0 Å². The predicted octanol–water partition coefficient (Wildman–Crippen LogP) is 4.68. The summed E-state index contributed by atoms with van der Waals surface area (Å²) in [4.78, 5) is 7.66. The number of aryl methyl sites for hydroxylation is 2. The molecule has 0 atom stereocenters. The van der Waals surface area contributed by atoms with Gasteiger partial charge in [-0.05, 0) is 43.2 Å². The van der Waals surface area contributed by atoms with Gasteiger partial charge >= 0.3 is 0 Å². The van der Waals surface area contributed by atoms with Crippen molar-refractivity contribution in [1.82, 2.24) is 9.97 Å². The van der Waals surface area contributed by atoms with E-state index in [9.17, 15) is 8.42 Å². The van der Waals surface area contributed by atoms with Gasteiger partial charge in [-0.2, -0.15) is 0 Å². The van der Waals surface area contributed by atoms with Gasteiger partial charge in [-0.1, -0.05) is 48.0 Å². The van der Waals surface area contributed by atoms with Crippen molar-refractivity contribution in [2.24, 2.45) is 0 Å². The molecule has 0 bridgehead atoms. The minimum absolute atomic E-state index is 0.0508. The Kier molecular flexibility index (Phi) is 3.89. The molecule has 0 fully saturated rings. The fourth-order valence-electron chi connectivity index (χ4n) is 3.10. The molecule has 2 heterocycles. The summed E-state index contributed by atoms with van der Waals surface area (Å²) in [5, 5.41) is 0.728. The highest BCUT2D eigenvalue weighted by Crippen LogP contribution is 2.37. The smallest absolute Gasteiger partial charge is 0.226 e. The Hall–Kier alpha value is -2.92. The number of pyridine rings is 1. The second kappa shape index (κ2) is 6.11. The number of fused-ring (bicyclic) bond motifs is 1. The van der Waals surface area contributed by atoms with Crippen LogP contribution in [0.3, 0.4) is 0 Å². The summed E-state index contributed by atoms with van der Waals surface area (Å²) in [5.41, 5.74) is 4.41. The number of aromatic amines is 1. The van der Waals surface area contributed by atoms with Crippen LogP contribution in [0.25, 0.3) is 22.2 Å². The average molecular weight is 362 g/mol. The Balaban J connectivity index is 2.06. The normalized spacial score (nSPS) is 11.8. The molecule has 1 N–H and O–H groups in total. The largest absolute Gasteiger partial charge is 0.353 e. The minimum Gasteiger partial charge on any atom is -0.353 e. The zero-order valence-electron chi connectivity index (χ0n) is 14.5. The maximum atomic E-state index is 13.4. The maximum Gasteiger partial charge on any atom is 0.226 e. The molecule has 0 aliphatic heterocycles. The van der Waals surface area contributed by atoms with Crippen molar-refractivity contribution in [2.45, 2.75) is 23.8 Å². The van der Waals surface area contributed by atoms with Crippen LogP contribution in [-0.4, -0.2) is 18.4 Å². The highest BCUT2D eigenvalue weighted by Gasteiger charge is 2.28. The molecule has 0 saturated carbocycles. The van der Waals surface area contributed by atoms with Crippen molar-refractivity contribution < 1.29 is 8.42 Å². The van der Waals surface area contributed by atoms with Crippen molar-refractivity contribution in [3.05, 3.63) is 78.0 Å². The highest BCUT2D eigenvalue weighted by molar-refractivity contribution is 7.91. The first kappa shape index (κ1) is 16.5. The maximum absolute atomic E-state index is 13.4. The summed E-state index contributed by atoms with van der Waals surface area (Å²) in [7, 11) is -3.77. The molecule has 5 heteroatoms. The van der Waals surface area contributed by atoms with Crippen molar-refractivity contribution in [2.75, 3.05) is 0 Å². The zero-order valence-corrected chi connectivity index (χ0v) is 15.3. The molecule has 0 unspecified atom stereocenters. The number of benzene rings is 2. The minimum atomic E-state index is -3.77. The molecule has 4 aromatic rings. The summed E-state index contributed by atoms with van der Waals surface area (Å²) in [6, 6.07) is 18.5. The molecule has 0 spiro atoms. The number of aromatic nitrogens is 2. The van der Waals surface area contributed by atoms with E-state index in [1.165, 1.54) is 12.3 Å². The topological polar surface area (TPSA) is 62.8 Å². The zero-order chi connectivity index (χ0) is 18.3. The number of rotatable bonds is 3. The van der Waals surface area contributed by atoms with Crippen LogP contribution in [-0.2, 0) is 9.84 Å². The summed E-state index contributed by atoms with van der Waals surface area (Å²) in [6.07, 6.45) is 1.50. The van der Waals surface area contributed by atoms with E-state index in [1.54, 1.807) is 12.1 Å². The van der Waals surface area contributed by atoms with Gasteiger partial charge in [-0.3, -0.25) is 0 Å². The van der Waals surface area contributed by atoms with Crippen molar-refractivity contribution in [3.63, 3.8) is 0 Å². The summed E-state index contributed by atoms with van der Waals surface area (Å²) in [5.74, 6) is 0. The fraction of sp³-hybridized carbons (Fsp3) is 0.0952. The lowest BCUT2D eigenvalue weighted by Gasteiger charge is -2.07. The van der Waals surface area contributed by atoms with Gasteiger partial charge in [-0.15, -0.1) is 0 Å². The quantitative estimate of drug-likeness (QED) is 0.575. The van der Waals surface area contributed by atoms with Gasteiger partial charge in [0, 0.05) is 17.1 Å². The second-order valence-corrected chi connectivity index (χ2v) is 8.25. The van der Waals surface area contributed by atoms with E-state index >= 15 is 0 Å². The van der Waals surface area contributed by atoms with E-state index in [0.29, 0.717) is 11.1 Å². The number of H-pyrrole nitrogens is 1. The Morgan fingerprint density at radius 1 is 0.885 bits per heavy atom. The lowest BCUT2D eigenvalue weighted by atomic mass is 10.1. The van der Waals surface area contributed by atoms with E-state index < -0.39 is 9.84 Å². The summed E-state index contributed by atoms with van der Waals surface area (Å²) in [6.45, 7) is 3.99. The van der Waals surface area contributed by atoms with Crippen LogP contribution in [0.4, 0.5) is 0 Å². The van der Waals surface area contributed by atoms with E-state index in [2.05, 4.69) is 9.97 Å². The van der Waals surface area contributed by atoms with Gasteiger partial charge in [0.15, 0.2) is 5.03 Å². The third kappa shape index (κ3) is 2.70. The van der Waals surface area contributed by atoms with Gasteiger partial charge in [0.25, 0.3) is 0 Å². The standard InChI is InChI=1S/C21H18N2O2S/c1-14-6-9-16(10-7-14)20-21(17-11-8-15(2)13-18(17)23-20)26(24,25)19-5-3-4-12-22-19/h3-13,23H,1-2H3. The Bertz CT molecular complexity index is 1190. The van der Waals surface area contributed by atoms with Crippen molar-refractivity contribution >= 4 is 20.7 Å². The summed E-state index contributed by atoms with van der Waals surface area (Å²) < 4.78 is 26.7. The fourth-order valence-corrected chi connectivity index (χ4v) is 4.67. The number of hydrogen-bond donors (Lipinski definition) is 1. The Labute approximate surface area is 152 Å². The highest BCUT2D eigenvalue weighted by atomic mass is 32.2. The van der Waals surface area contributed by atoms with E-state index in [-0.39, 0.29) is 9.92 Å². The first-order chi connectivity index (χ1) is 12.5. The first-order valence-corrected chi connectivity index (χ1v) is 9.80. The number of sulfone groups is 1. The van der Waals surface area contributed by atoms with Gasteiger partial charge in [0.1, 0.15) is 4.90 Å². The molecular formula is C21H18N2O2S. The van der Waals surface area contributed by atoms with Gasteiger partial charge in [0.05, 0.1) is 5.69 Å². The lowest BCUT2D eigenvalue weighted by Crippen LogP contribution is -2.05. The molecule has 4 rings (SSSR count). The molecule has 0 amide bonds. The molecule has 2 aromatic carbocycles. The lowest BCUT2D eigenvalue weighted by molar-refractivity contribution is 0.593. The number of nitrogens with one attached hydrogen (secondary N) is 1. The van der Waals surface area contributed by atoms with Gasteiger partial charge in [0.2, 0.25) is 9.84 Å². The van der Waals surface area contributed by atoms with Crippen LogP contribution in [0.2, 0.25) is 0 Å².